The molecule has 1 N–H and O–H groups in total. The van der Waals surface area contributed by atoms with E-state index in [9.17, 15) is 28.8 Å². The second-order valence-electron chi connectivity index (χ2n) is 11.6. The number of nitrogens with one attached hydrogen (secondary N) is 1. The van der Waals surface area contributed by atoms with Crippen LogP contribution in [0.15, 0.2) is 0 Å². The maximum absolute atomic E-state index is 11.8. The molecule has 3 fully saturated rings. The van der Waals surface area contributed by atoms with E-state index in [2.05, 4.69) is 5.32 Å². The molecule has 0 aromatic carbocycles. The molecule has 3 saturated heterocycles. The quantitative estimate of drug-likeness (QED) is 0.415. The monoisotopic (exact) mass is 538 g/mol. The zero-order valence-electron chi connectivity index (χ0n) is 24.4. The molecule has 2 atom stereocenters. The molecule has 0 spiro atoms. The number of imide groups is 3. The highest BCUT2D eigenvalue weighted by Gasteiger charge is 2.47. The number of rotatable bonds is 5. The first-order chi connectivity index (χ1) is 16.9. The molecule has 10 heteroatoms. The fourth-order valence-electron chi connectivity index (χ4n) is 4.49. The summed E-state index contributed by atoms with van der Waals surface area (Å²) in [4.78, 5) is 72.9. The lowest BCUT2D eigenvalue weighted by Gasteiger charge is -2.21. The van der Waals surface area contributed by atoms with E-state index in [4.69, 9.17) is 0 Å². The average molecular weight is 539 g/mol. The Balaban J connectivity index is 0.000000534. The zero-order chi connectivity index (χ0) is 29.0. The van der Waals surface area contributed by atoms with Crippen LogP contribution >= 0.6 is 0 Å². The predicted octanol–water partition coefficient (Wildman–Crippen LogP) is 4.11. The Bertz CT molecular complexity index is 926. The molecule has 3 rings (SSSR count). The summed E-state index contributed by atoms with van der Waals surface area (Å²) in [5.41, 5.74) is -1.18. The third-order valence-electron chi connectivity index (χ3n) is 6.98. The van der Waals surface area contributed by atoms with Gasteiger partial charge < -0.3 is 5.32 Å². The van der Waals surface area contributed by atoms with Gasteiger partial charge in [0.05, 0.1) is 5.41 Å². The molecule has 0 aromatic heterocycles. The van der Waals surface area contributed by atoms with Crippen molar-refractivity contribution in [2.24, 2.45) is 11.3 Å². The average Bonchev–Trinajstić information content (AvgIpc) is 3.27. The Morgan fingerprint density at radius 1 is 0.763 bits per heavy atom. The lowest BCUT2D eigenvalue weighted by atomic mass is 9.92. The van der Waals surface area contributed by atoms with Gasteiger partial charge in [-0.25, -0.2) is 4.79 Å². The van der Waals surface area contributed by atoms with Crippen LogP contribution in [0.4, 0.5) is 4.79 Å². The number of hydrogen-bond acceptors (Lipinski definition) is 6. The summed E-state index contributed by atoms with van der Waals surface area (Å²) in [6.07, 6.45) is 2.16. The van der Waals surface area contributed by atoms with Gasteiger partial charge in [-0.1, -0.05) is 35.1 Å². The van der Waals surface area contributed by atoms with Crippen LogP contribution in [0.3, 0.4) is 0 Å². The molecule has 38 heavy (non-hydrogen) atoms. The van der Waals surface area contributed by atoms with Gasteiger partial charge >= 0.3 is 6.03 Å². The number of amides is 7. The number of hydrogen-bond donors (Lipinski definition) is 1. The minimum absolute atomic E-state index is 0. The summed E-state index contributed by atoms with van der Waals surface area (Å²) in [7, 11) is 0. The molecule has 3 aliphatic heterocycles. The third kappa shape index (κ3) is 7.41. The third-order valence-corrected chi connectivity index (χ3v) is 6.98. The first kappa shape index (κ1) is 35.2. The molecule has 3 aliphatic rings. The lowest BCUT2D eigenvalue weighted by Crippen LogP contribution is -2.43. The minimum atomic E-state index is -0.693. The predicted molar refractivity (Wildman–Crippen MR) is 147 cm³/mol. The Kier molecular flexibility index (Phi) is 12.4. The van der Waals surface area contributed by atoms with Gasteiger partial charge in [-0.15, -0.1) is 0 Å². The van der Waals surface area contributed by atoms with Gasteiger partial charge in [0.25, 0.3) is 5.91 Å². The lowest BCUT2D eigenvalue weighted by molar-refractivity contribution is -0.143. The summed E-state index contributed by atoms with van der Waals surface area (Å²) < 4.78 is 0. The fraction of sp³-hybridized carbons (Fsp3) is 0.786. The van der Waals surface area contributed by atoms with E-state index in [1.165, 1.54) is 14.7 Å². The molecule has 10 nitrogen and oxygen atoms in total. The Morgan fingerprint density at radius 2 is 1.24 bits per heavy atom. The van der Waals surface area contributed by atoms with Gasteiger partial charge in [0.2, 0.25) is 23.6 Å². The molecule has 0 bridgehead atoms. The van der Waals surface area contributed by atoms with E-state index in [-0.39, 0.29) is 67.0 Å². The highest BCUT2D eigenvalue weighted by atomic mass is 16.2. The van der Waals surface area contributed by atoms with Crippen molar-refractivity contribution in [3.63, 3.8) is 0 Å². The molecular weight excluding hydrogens is 488 g/mol. The van der Waals surface area contributed by atoms with Crippen molar-refractivity contribution in [3.8, 4) is 0 Å². The van der Waals surface area contributed by atoms with Crippen LogP contribution in [-0.4, -0.2) is 73.9 Å². The zero-order valence-corrected chi connectivity index (χ0v) is 24.4. The number of carbonyl (C=O) groups is 6. The number of nitrogens with zero attached hydrogens (tertiary/aromatic N) is 3. The first-order valence-corrected chi connectivity index (χ1v) is 13.2. The number of urea groups is 1. The van der Waals surface area contributed by atoms with Crippen LogP contribution in [0, 0.1) is 11.3 Å². The Labute approximate surface area is 228 Å². The Hall–Kier alpha value is -2.78. The molecule has 0 aromatic rings. The largest absolute Gasteiger partial charge is 0.325 e. The second-order valence-corrected chi connectivity index (χ2v) is 11.6. The normalized spacial score (nSPS) is 24.6. The van der Waals surface area contributed by atoms with Crippen LogP contribution in [0.2, 0.25) is 0 Å². The van der Waals surface area contributed by atoms with E-state index in [1.807, 2.05) is 69.2 Å². The minimum Gasteiger partial charge on any atom is -0.323 e. The van der Waals surface area contributed by atoms with E-state index in [0.29, 0.717) is 19.3 Å². The Morgan fingerprint density at radius 3 is 1.45 bits per heavy atom. The van der Waals surface area contributed by atoms with Gasteiger partial charge in [0.15, 0.2) is 0 Å². The number of likely N-dealkylation sites (tertiary alicyclic amines) is 2. The van der Waals surface area contributed by atoms with Crippen LogP contribution in [0.25, 0.3) is 0 Å². The standard InChI is InChI=1S/C9H16N2O2.2C9H15NO2.CH4/c1-5-9(4)7(12)11(6(2)3)8(13)10-9;1-6(2)10-7(11)5-9(3,4)8(10)12;1-4-7-5-8(11)10(6(2)3)9(7)12;/h6H,5H2,1-4H3,(H,10,13);6H,5H2,1-4H3;6-7H,4-5H2,1-3H3;1H4/t9-;;7-;/m1.0./s1. The van der Waals surface area contributed by atoms with Crippen molar-refractivity contribution in [1.82, 2.24) is 20.0 Å². The van der Waals surface area contributed by atoms with E-state index in [0.717, 1.165) is 6.42 Å². The molecular formula is C28H50N4O6. The van der Waals surface area contributed by atoms with Crippen molar-refractivity contribution < 1.29 is 28.8 Å². The summed E-state index contributed by atoms with van der Waals surface area (Å²) in [5, 5.41) is 2.70. The van der Waals surface area contributed by atoms with Gasteiger partial charge in [0, 0.05) is 36.9 Å². The summed E-state index contributed by atoms with van der Waals surface area (Å²) in [5.74, 6) is -0.253. The molecule has 0 aliphatic carbocycles. The smallest absolute Gasteiger partial charge is 0.323 e. The van der Waals surface area contributed by atoms with Gasteiger partial charge in [-0.2, -0.15) is 0 Å². The fourth-order valence-corrected chi connectivity index (χ4v) is 4.49. The van der Waals surface area contributed by atoms with Crippen molar-refractivity contribution in [2.75, 3.05) is 0 Å². The van der Waals surface area contributed by atoms with Crippen LogP contribution in [0.1, 0.15) is 109 Å². The van der Waals surface area contributed by atoms with E-state index >= 15 is 0 Å². The summed E-state index contributed by atoms with van der Waals surface area (Å²) in [6.45, 7) is 20.3. The maximum Gasteiger partial charge on any atom is 0.325 e. The molecule has 7 amide bonds. The van der Waals surface area contributed by atoms with Crippen LogP contribution in [0.5, 0.6) is 0 Å². The SMILES string of the molecule is C.CC(C)N1C(=O)CC(C)(C)C1=O.CC[C@@]1(C)NC(=O)N(C(C)C)C1=O.CC[C@H]1CC(=O)N(C(C)C)C1=O. The molecule has 218 valence electrons. The maximum atomic E-state index is 11.8. The topological polar surface area (TPSA) is 124 Å². The van der Waals surface area contributed by atoms with E-state index in [1.54, 1.807) is 6.92 Å². The van der Waals surface area contributed by atoms with Gasteiger partial charge in [0.1, 0.15) is 5.54 Å². The summed E-state index contributed by atoms with van der Waals surface area (Å²) >= 11 is 0. The molecule has 0 unspecified atom stereocenters. The van der Waals surface area contributed by atoms with Gasteiger partial charge in [-0.3, -0.25) is 38.7 Å². The second kappa shape index (κ2) is 13.3. The first-order valence-electron chi connectivity index (χ1n) is 13.2. The van der Waals surface area contributed by atoms with Gasteiger partial charge in [-0.05, 0) is 61.3 Å². The van der Waals surface area contributed by atoms with Crippen LogP contribution < -0.4 is 5.32 Å². The van der Waals surface area contributed by atoms with Crippen molar-refractivity contribution in [3.05, 3.63) is 0 Å². The van der Waals surface area contributed by atoms with Crippen molar-refractivity contribution in [1.29, 1.82) is 0 Å². The van der Waals surface area contributed by atoms with Crippen molar-refractivity contribution >= 4 is 35.6 Å². The van der Waals surface area contributed by atoms with E-state index < -0.39 is 11.0 Å². The molecule has 0 radical (unpaired) electrons. The van der Waals surface area contributed by atoms with Crippen LogP contribution in [-0.2, 0) is 24.0 Å². The highest BCUT2D eigenvalue weighted by Crippen LogP contribution is 2.32. The highest BCUT2D eigenvalue weighted by molar-refractivity contribution is 6.07. The van der Waals surface area contributed by atoms with Crippen molar-refractivity contribution in [2.45, 2.75) is 133 Å². The summed E-state index contributed by atoms with van der Waals surface area (Å²) in [6, 6.07) is -0.335. The molecule has 3 heterocycles. The molecule has 0 saturated carbocycles. The number of carbonyl (C=O) groups excluding carboxylic acids is 6.